The SMILES string of the molecule is Cc1cccc(CNC(=O)c2c(C)noc2C(C)C)c1. The Bertz CT molecular complexity index is 615. The third-order valence-corrected chi connectivity index (χ3v) is 3.18. The standard InChI is InChI=1S/C16H20N2O2/c1-10(2)15-14(12(4)18-20-15)16(19)17-9-13-7-5-6-11(3)8-13/h5-8,10H,9H2,1-4H3,(H,17,19). The summed E-state index contributed by atoms with van der Waals surface area (Å²) in [5.41, 5.74) is 3.46. The lowest BCUT2D eigenvalue weighted by molar-refractivity contribution is 0.0948. The van der Waals surface area contributed by atoms with E-state index < -0.39 is 0 Å². The van der Waals surface area contributed by atoms with Gasteiger partial charge in [0, 0.05) is 12.5 Å². The van der Waals surface area contributed by atoms with Crippen molar-refractivity contribution in [1.29, 1.82) is 0 Å². The van der Waals surface area contributed by atoms with E-state index in [-0.39, 0.29) is 11.8 Å². The Hall–Kier alpha value is -2.10. The van der Waals surface area contributed by atoms with Crippen molar-refractivity contribution in [3.63, 3.8) is 0 Å². The van der Waals surface area contributed by atoms with Gasteiger partial charge in [0.1, 0.15) is 5.56 Å². The Morgan fingerprint density at radius 1 is 1.35 bits per heavy atom. The number of carbonyl (C=O) groups is 1. The highest BCUT2D eigenvalue weighted by Gasteiger charge is 2.22. The first-order valence-corrected chi connectivity index (χ1v) is 6.79. The number of rotatable bonds is 4. The summed E-state index contributed by atoms with van der Waals surface area (Å²) in [6.07, 6.45) is 0. The number of hydrogen-bond donors (Lipinski definition) is 1. The average Bonchev–Trinajstić information content (AvgIpc) is 2.78. The van der Waals surface area contributed by atoms with Gasteiger partial charge >= 0.3 is 0 Å². The molecule has 0 radical (unpaired) electrons. The van der Waals surface area contributed by atoms with E-state index in [0.29, 0.717) is 23.6 Å². The lowest BCUT2D eigenvalue weighted by Gasteiger charge is -2.07. The first kappa shape index (κ1) is 14.3. The molecular formula is C16H20N2O2. The van der Waals surface area contributed by atoms with Crippen molar-refractivity contribution in [3.8, 4) is 0 Å². The van der Waals surface area contributed by atoms with Gasteiger partial charge in [-0.1, -0.05) is 48.8 Å². The van der Waals surface area contributed by atoms with Gasteiger partial charge in [-0.3, -0.25) is 4.79 Å². The minimum Gasteiger partial charge on any atom is -0.360 e. The van der Waals surface area contributed by atoms with Gasteiger partial charge in [0.25, 0.3) is 5.91 Å². The highest BCUT2D eigenvalue weighted by molar-refractivity contribution is 5.96. The molecule has 1 amide bonds. The minimum atomic E-state index is -0.131. The summed E-state index contributed by atoms with van der Waals surface area (Å²) >= 11 is 0. The van der Waals surface area contributed by atoms with Crippen molar-refractivity contribution in [3.05, 3.63) is 52.4 Å². The first-order valence-electron chi connectivity index (χ1n) is 6.79. The van der Waals surface area contributed by atoms with Crippen LogP contribution in [0.5, 0.6) is 0 Å². The zero-order chi connectivity index (χ0) is 14.7. The Morgan fingerprint density at radius 2 is 2.10 bits per heavy atom. The first-order chi connectivity index (χ1) is 9.49. The third-order valence-electron chi connectivity index (χ3n) is 3.18. The van der Waals surface area contributed by atoms with Gasteiger partial charge in [-0.25, -0.2) is 0 Å². The number of benzene rings is 1. The maximum Gasteiger partial charge on any atom is 0.257 e. The molecule has 1 aromatic heterocycles. The molecule has 0 unspecified atom stereocenters. The Kier molecular flexibility index (Phi) is 4.23. The van der Waals surface area contributed by atoms with Crippen LogP contribution in [-0.4, -0.2) is 11.1 Å². The van der Waals surface area contributed by atoms with Gasteiger partial charge in [-0.2, -0.15) is 0 Å². The van der Waals surface area contributed by atoms with Crippen LogP contribution in [0.2, 0.25) is 0 Å². The summed E-state index contributed by atoms with van der Waals surface area (Å²) < 4.78 is 5.24. The average molecular weight is 272 g/mol. The fraction of sp³-hybridized carbons (Fsp3) is 0.375. The zero-order valence-corrected chi connectivity index (χ0v) is 12.4. The topological polar surface area (TPSA) is 55.1 Å². The molecule has 0 aliphatic heterocycles. The second kappa shape index (κ2) is 5.90. The van der Waals surface area contributed by atoms with Gasteiger partial charge in [-0.05, 0) is 19.4 Å². The monoisotopic (exact) mass is 272 g/mol. The highest BCUT2D eigenvalue weighted by Crippen LogP contribution is 2.22. The molecule has 0 spiro atoms. The maximum absolute atomic E-state index is 12.3. The van der Waals surface area contributed by atoms with Crippen molar-refractivity contribution >= 4 is 5.91 Å². The fourth-order valence-corrected chi connectivity index (χ4v) is 2.15. The van der Waals surface area contributed by atoms with E-state index in [9.17, 15) is 4.79 Å². The summed E-state index contributed by atoms with van der Waals surface area (Å²) in [5, 5.41) is 6.82. The summed E-state index contributed by atoms with van der Waals surface area (Å²) in [7, 11) is 0. The van der Waals surface area contributed by atoms with Gasteiger partial charge in [0.15, 0.2) is 5.76 Å². The van der Waals surface area contributed by atoms with E-state index in [1.54, 1.807) is 6.92 Å². The number of hydrogen-bond acceptors (Lipinski definition) is 3. The van der Waals surface area contributed by atoms with Crippen LogP contribution in [0.15, 0.2) is 28.8 Å². The number of aromatic nitrogens is 1. The van der Waals surface area contributed by atoms with Gasteiger partial charge in [0.05, 0.1) is 5.69 Å². The van der Waals surface area contributed by atoms with Crippen molar-refractivity contribution in [2.24, 2.45) is 0 Å². The normalized spacial score (nSPS) is 10.8. The van der Waals surface area contributed by atoms with E-state index in [1.165, 1.54) is 5.56 Å². The van der Waals surface area contributed by atoms with Crippen LogP contribution >= 0.6 is 0 Å². The quantitative estimate of drug-likeness (QED) is 0.928. The molecule has 2 aromatic rings. The second-order valence-corrected chi connectivity index (χ2v) is 5.33. The van der Waals surface area contributed by atoms with Crippen LogP contribution < -0.4 is 5.32 Å². The number of carbonyl (C=O) groups excluding carboxylic acids is 1. The molecule has 2 rings (SSSR count). The zero-order valence-electron chi connectivity index (χ0n) is 12.4. The molecule has 1 N–H and O–H groups in total. The van der Waals surface area contributed by atoms with E-state index in [0.717, 1.165) is 5.56 Å². The smallest absolute Gasteiger partial charge is 0.257 e. The molecule has 0 bridgehead atoms. The predicted molar refractivity (Wildman–Crippen MR) is 77.7 cm³/mol. The van der Waals surface area contributed by atoms with Gasteiger partial charge in [0.2, 0.25) is 0 Å². The van der Waals surface area contributed by atoms with Crippen LogP contribution in [0.4, 0.5) is 0 Å². The molecule has 0 saturated carbocycles. The van der Waals surface area contributed by atoms with Crippen molar-refractivity contribution in [2.45, 2.75) is 40.2 Å². The van der Waals surface area contributed by atoms with Crippen molar-refractivity contribution in [2.75, 3.05) is 0 Å². The minimum absolute atomic E-state index is 0.131. The summed E-state index contributed by atoms with van der Waals surface area (Å²) in [6, 6.07) is 8.08. The van der Waals surface area contributed by atoms with E-state index in [2.05, 4.69) is 16.5 Å². The Labute approximate surface area is 119 Å². The highest BCUT2D eigenvalue weighted by atomic mass is 16.5. The summed E-state index contributed by atoms with van der Waals surface area (Å²) in [5.74, 6) is 0.647. The predicted octanol–water partition coefficient (Wildman–Crippen LogP) is 3.34. The summed E-state index contributed by atoms with van der Waals surface area (Å²) in [6.45, 7) is 8.29. The van der Waals surface area contributed by atoms with E-state index in [4.69, 9.17) is 4.52 Å². The number of aryl methyl sites for hydroxylation is 2. The molecule has 4 nitrogen and oxygen atoms in total. The third kappa shape index (κ3) is 3.07. The second-order valence-electron chi connectivity index (χ2n) is 5.33. The molecule has 20 heavy (non-hydrogen) atoms. The Morgan fingerprint density at radius 3 is 2.75 bits per heavy atom. The van der Waals surface area contributed by atoms with Crippen molar-refractivity contribution < 1.29 is 9.32 Å². The number of nitrogens with zero attached hydrogens (tertiary/aromatic N) is 1. The van der Waals surface area contributed by atoms with E-state index in [1.807, 2.05) is 39.0 Å². The van der Waals surface area contributed by atoms with Crippen LogP contribution in [-0.2, 0) is 6.54 Å². The van der Waals surface area contributed by atoms with Crippen molar-refractivity contribution in [1.82, 2.24) is 10.5 Å². The molecule has 0 saturated heterocycles. The maximum atomic E-state index is 12.3. The molecular weight excluding hydrogens is 252 g/mol. The van der Waals surface area contributed by atoms with Crippen LogP contribution in [0.1, 0.15) is 52.7 Å². The fourth-order valence-electron chi connectivity index (χ4n) is 2.15. The molecule has 4 heteroatoms. The van der Waals surface area contributed by atoms with Crippen LogP contribution in [0.25, 0.3) is 0 Å². The lowest BCUT2D eigenvalue weighted by atomic mass is 10.0. The molecule has 0 aliphatic carbocycles. The van der Waals surface area contributed by atoms with Crippen LogP contribution in [0.3, 0.4) is 0 Å². The number of amides is 1. The molecule has 0 aliphatic rings. The molecule has 1 heterocycles. The van der Waals surface area contributed by atoms with Gasteiger partial charge in [-0.15, -0.1) is 0 Å². The van der Waals surface area contributed by atoms with E-state index >= 15 is 0 Å². The Balaban J connectivity index is 2.11. The van der Waals surface area contributed by atoms with Crippen LogP contribution in [0, 0.1) is 13.8 Å². The molecule has 0 fully saturated rings. The largest absolute Gasteiger partial charge is 0.360 e. The lowest BCUT2D eigenvalue weighted by Crippen LogP contribution is -2.24. The number of nitrogens with one attached hydrogen (secondary N) is 1. The summed E-state index contributed by atoms with van der Waals surface area (Å²) in [4.78, 5) is 12.3. The molecule has 1 aromatic carbocycles. The van der Waals surface area contributed by atoms with Gasteiger partial charge < -0.3 is 9.84 Å². The molecule has 0 atom stereocenters. The molecule has 106 valence electrons.